The van der Waals surface area contributed by atoms with Gasteiger partial charge in [-0.15, -0.1) is 0 Å². The molecule has 19 heavy (non-hydrogen) atoms. The molecule has 1 fully saturated rings. The third-order valence-electron chi connectivity index (χ3n) is 2.95. The predicted molar refractivity (Wildman–Crippen MR) is 70.8 cm³/mol. The van der Waals surface area contributed by atoms with Crippen LogP contribution in [0, 0.1) is 21.8 Å². The minimum Gasteiger partial charge on any atom is -0.351 e. The molecule has 2 rings (SSSR count). The number of rotatable bonds is 5. The van der Waals surface area contributed by atoms with Gasteiger partial charge >= 0.3 is 0 Å². The maximum atomic E-state index is 13.2. The Balaban J connectivity index is 2.03. The number of benzene rings is 1. The van der Waals surface area contributed by atoms with Crippen molar-refractivity contribution in [1.82, 2.24) is 5.32 Å². The molecule has 102 valence electrons. The van der Waals surface area contributed by atoms with Gasteiger partial charge in [-0.2, -0.15) is 0 Å². The number of amides is 1. The summed E-state index contributed by atoms with van der Waals surface area (Å²) in [6, 6.07) is 2.84. The molecular formula is C12H12BrFN2O3. The number of non-ortho nitro benzene ring substituents is 1. The van der Waals surface area contributed by atoms with E-state index >= 15 is 0 Å². The van der Waals surface area contributed by atoms with Crippen LogP contribution in [0.1, 0.15) is 23.2 Å². The second kappa shape index (κ2) is 5.64. The Morgan fingerprint density at radius 1 is 1.53 bits per heavy atom. The van der Waals surface area contributed by atoms with Crippen LogP contribution < -0.4 is 5.32 Å². The lowest BCUT2D eigenvalue weighted by Crippen LogP contribution is -2.30. The Hall–Kier alpha value is -1.50. The lowest BCUT2D eigenvalue weighted by Gasteiger charge is -2.10. The van der Waals surface area contributed by atoms with E-state index in [9.17, 15) is 19.3 Å². The van der Waals surface area contributed by atoms with E-state index in [-0.39, 0.29) is 10.4 Å². The fourth-order valence-electron chi connectivity index (χ4n) is 1.73. The number of halogens is 2. The third-order valence-corrected chi connectivity index (χ3v) is 4.02. The van der Waals surface area contributed by atoms with Crippen molar-refractivity contribution >= 4 is 27.5 Å². The van der Waals surface area contributed by atoms with Gasteiger partial charge in [-0.1, -0.05) is 15.9 Å². The number of nitrogens with one attached hydrogen (secondary N) is 1. The number of nitrogens with zero attached hydrogens (tertiary/aromatic N) is 1. The summed E-state index contributed by atoms with van der Waals surface area (Å²) in [4.78, 5) is 21.9. The van der Waals surface area contributed by atoms with Gasteiger partial charge in [-0.25, -0.2) is 4.39 Å². The van der Waals surface area contributed by atoms with Gasteiger partial charge in [0.05, 0.1) is 11.0 Å². The molecule has 0 spiro atoms. The fraction of sp³-hybridized carbons (Fsp3) is 0.417. The van der Waals surface area contributed by atoms with E-state index in [0.717, 1.165) is 31.0 Å². The smallest absolute Gasteiger partial charge is 0.273 e. The van der Waals surface area contributed by atoms with Crippen LogP contribution in [0.5, 0.6) is 0 Å². The van der Waals surface area contributed by atoms with E-state index in [1.807, 2.05) is 0 Å². The summed E-state index contributed by atoms with van der Waals surface area (Å²) < 4.78 is 13.2. The summed E-state index contributed by atoms with van der Waals surface area (Å²) in [5.41, 5.74) is -0.468. The third kappa shape index (κ3) is 3.73. The van der Waals surface area contributed by atoms with Gasteiger partial charge in [-0.05, 0) is 24.8 Å². The minimum atomic E-state index is -0.795. The summed E-state index contributed by atoms with van der Waals surface area (Å²) in [5.74, 6) is -0.730. The molecule has 1 saturated carbocycles. The number of carbonyl (C=O) groups excluding carboxylic acids is 1. The summed E-state index contributed by atoms with van der Waals surface area (Å²) in [5, 5.41) is 13.2. The van der Waals surface area contributed by atoms with Gasteiger partial charge in [0.25, 0.3) is 11.6 Å². The van der Waals surface area contributed by atoms with Gasteiger partial charge in [0.1, 0.15) is 5.82 Å². The highest BCUT2D eigenvalue weighted by atomic mass is 79.9. The second-order valence-corrected chi connectivity index (χ2v) is 5.69. The fourth-order valence-corrected chi connectivity index (χ4v) is 2.42. The van der Waals surface area contributed by atoms with Crippen LogP contribution in [0.15, 0.2) is 18.2 Å². The minimum absolute atomic E-state index is 0.0396. The maximum Gasteiger partial charge on any atom is 0.273 e. The van der Waals surface area contributed by atoms with E-state index in [0.29, 0.717) is 12.5 Å². The van der Waals surface area contributed by atoms with Crippen LogP contribution in [0.25, 0.3) is 0 Å². The second-order valence-electron chi connectivity index (χ2n) is 4.52. The van der Waals surface area contributed by atoms with E-state index < -0.39 is 22.3 Å². The molecule has 1 aromatic rings. The van der Waals surface area contributed by atoms with E-state index in [4.69, 9.17) is 0 Å². The molecule has 1 N–H and O–H groups in total. The molecule has 0 aliphatic heterocycles. The van der Waals surface area contributed by atoms with Crippen molar-refractivity contribution < 1.29 is 14.1 Å². The molecular weight excluding hydrogens is 319 g/mol. The monoisotopic (exact) mass is 330 g/mol. The summed E-state index contributed by atoms with van der Waals surface area (Å²) in [6.45, 7) is 0.424. The molecule has 1 aromatic carbocycles. The van der Waals surface area contributed by atoms with Crippen LogP contribution in [-0.4, -0.2) is 22.2 Å². The average Bonchev–Trinajstić information content (AvgIpc) is 3.18. The normalized spacial score (nSPS) is 15.9. The zero-order valence-corrected chi connectivity index (χ0v) is 11.5. The largest absolute Gasteiger partial charge is 0.351 e. The molecule has 0 radical (unpaired) electrons. The molecule has 7 heteroatoms. The lowest BCUT2D eigenvalue weighted by atomic mass is 10.1. The molecule has 0 heterocycles. The first-order chi connectivity index (χ1) is 8.97. The van der Waals surface area contributed by atoms with Gasteiger partial charge in [-0.3, -0.25) is 14.9 Å². The highest BCUT2D eigenvalue weighted by Gasteiger charge is 2.29. The van der Waals surface area contributed by atoms with Gasteiger partial charge < -0.3 is 5.32 Å². The van der Waals surface area contributed by atoms with Crippen LogP contribution >= 0.6 is 15.9 Å². The highest BCUT2D eigenvalue weighted by molar-refractivity contribution is 9.09. The Bertz CT molecular complexity index is 520. The quantitative estimate of drug-likeness (QED) is 0.512. The summed E-state index contributed by atoms with van der Waals surface area (Å²) >= 11 is 3.46. The summed E-state index contributed by atoms with van der Waals surface area (Å²) in [6.07, 6.45) is 2.27. The standard InChI is InChI=1S/C12H12BrFN2O3/c13-11(7-1-2-7)6-15-12(17)8-3-9(14)5-10(4-8)16(18)19/h3-5,7,11H,1-2,6H2,(H,15,17). The molecule has 5 nitrogen and oxygen atoms in total. The van der Waals surface area contributed by atoms with Crippen molar-refractivity contribution in [3.63, 3.8) is 0 Å². The predicted octanol–water partition coefficient (Wildman–Crippen LogP) is 2.64. The molecule has 0 saturated heterocycles. The number of nitro groups is 1. The first-order valence-corrected chi connectivity index (χ1v) is 6.76. The van der Waals surface area contributed by atoms with Crippen molar-refractivity contribution in [3.8, 4) is 0 Å². The van der Waals surface area contributed by atoms with E-state index in [1.165, 1.54) is 0 Å². The number of nitro benzene ring substituents is 1. The Morgan fingerprint density at radius 2 is 2.21 bits per heavy atom. The Labute approximate surface area is 117 Å². The van der Waals surface area contributed by atoms with Gasteiger partial charge in [0.2, 0.25) is 0 Å². The van der Waals surface area contributed by atoms with Crippen molar-refractivity contribution in [2.24, 2.45) is 5.92 Å². The van der Waals surface area contributed by atoms with Crippen LogP contribution in [-0.2, 0) is 0 Å². The number of hydrogen-bond acceptors (Lipinski definition) is 3. The van der Waals surface area contributed by atoms with Crippen LogP contribution in [0.3, 0.4) is 0 Å². The number of hydrogen-bond donors (Lipinski definition) is 1. The van der Waals surface area contributed by atoms with Crippen molar-refractivity contribution in [2.45, 2.75) is 17.7 Å². The van der Waals surface area contributed by atoms with Gasteiger partial charge in [0, 0.05) is 23.0 Å². The molecule has 0 bridgehead atoms. The van der Waals surface area contributed by atoms with E-state index in [2.05, 4.69) is 21.2 Å². The Kier molecular flexibility index (Phi) is 4.14. The van der Waals surface area contributed by atoms with Crippen molar-refractivity contribution in [1.29, 1.82) is 0 Å². The summed E-state index contributed by atoms with van der Waals surface area (Å²) in [7, 11) is 0. The zero-order chi connectivity index (χ0) is 14.0. The maximum absolute atomic E-state index is 13.2. The number of carbonyl (C=O) groups is 1. The first kappa shape index (κ1) is 13.9. The van der Waals surface area contributed by atoms with Crippen LogP contribution in [0.2, 0.25) is 0 Å². The van der Waals surface area contributed by atoms with Crippen molar-refractivity contribution in [2.75, 3.05) is 6.54 Å². The average molecular weight is 331 g/mol. The molecule has 1 amide bonds. The Morgan fingerprint density at radius 3 is 2.79 bits per heavy atom. The first-order valence-electron chi connectivity index (χ1n) is 5.84. The molecule has 1 aliphatic rings. The molecule has 1 unspecified atom stereocenters. The van der Waals surface area contributed by atoms with E-state index in [1.54, 1.807) is 0 Å². The SMILES string of the molecule is O=C(NCC(Br)C1CC1)c1cc(F)cc([N+](=O)[O-])c1. The topological polar surface area (TPSA) is 72.2 Å². The van der Waals surface area contributed by atoms with Crippen LogP contribution in [0.4, 0.5) is 10.1 Å². The molecule has 1 atom stereocenters. The van der Waals surface area contributed by atoms with Crippen molar-refractivity contribution in [3.05, 3.63) is 39.7 Å². The molecule has 0 aromatic heterocycles. The van der Waals surface area contributed by atoms with Gasteiger partial charge in [0.15, 0.2) is 0 Å². The lowest BCUT2D eigenvalue weighted by molar-refractivity contribution is -0.385. The number of alkyl halides is 1. The highest BCUT2D eigenvalue weighted by Crippen LogP contribution is 2.36. The zero-order valence-electron chi connectivity index (χ0n) is 9.94. The molecule has 1 aliphatic carbocycles.